The number of aliphatic hydroxyl groups is 1. The summed E-state index contributed by atoms with van der Waals surface area (Å²) >= 11 is 0. The van der Waals surface area contributed by atoms with Crippen molar-refractivity contribution in [2.24, 2.45) is 0 Å². The maximum Gasteiger partial charge on any atom is 0.218 e. The predicted molar refractivity (Wildman–Crippen MR) is 75.2 cm³/mol. The standard InChI is InChI=1S/C15H20N2O3/c1-11(2)19-15-12(4-3-7-17-15)8-16-9-13-5-6-14(10-18)20-13/h3-7,11,16,18H,8-10H2,1-2H3. The highest BCUT2D eigenvalue weighted by Gasteiger charge is 2.07. The molecule has 2 aromatic rings. The smallest absolute Gasteiger partial charge is 0.218 e. The van der Waals surface area contributed by atoms with Gasteiger partial charge in [-0.3, -0.25) is 0 Å². The van der Waals surface area contributed by atoms with E-state index in [1.165, 1.54) is 0 Å². The molecule has 20 heavy (non-hydrogen) atoms. The Kier molecular flexibility index (Phi) is 5.15. The first-order chi connectivity index (χ1) is 9.69. The number of hydrogen-bond acceptors (Lipinski definition) is 5. The summed E-state index contributed by atoms with van der Waals surface area (Å²) in [6.45, 7) is 5.12. The van der Waals surface area contributed by atoms with Crippen molar-refractivity contribution in [1.29, 1.82) is 0 Å². The maximum absolute atomic E-state index is 8.94. The number of rotatable bonds is 7. The molecular formula is C15H20N2O3. The lowest BCUT2D eigenvalue weighted by molar-refractivity contribution is 0.229. The number of pyridine rings is 1. The van der Waals surface area contributed by atoms with Gasteiger partial charge in [-0.15, -0.1) is 0 Å². The van der Waals surface area contributed by atoms with Gasteiger partial charge in [-0.25, -0.2) is 4.98 Å². The average molecular weight is 276 g/mol. The van der Waals surface area contributed by atoms with Gasteiger partial charge in [0.15, 0.2) is 0 Å². The Bertz CT molecular complexity index is 537. The summed E-state index contributed by atoms with van der Waals surface area (Å²) in [5.74, 6) is 2.03. The van der Waals surface area contributed by atoms with E-state index in [-0.39, 0.29) is 12.7 Å². The fourth-order valence-electron chi connectivity index (χ4n) is 1.81. The number of aliphatic hydroxyl groups excluding tert-OH is 1. The summed E-state index contributed by atoms with van der Waals surface area (Å²) in [5, 5.41) is 12.2. The molecule has 0 saturated heterocycles. The van der Waals surface area contributed by atoms with Crippen molar-refractivity contribution in [1.82, 2.24) is 10.3 Å². The van der Waals surface area contributed by atoms with Crippen LogP contribution in [0.15, 0.2) is 34.9 Å². The molecule has 0 unspecified atom stereocenters. The number of aromatic nitrogens is 1. The molecule has 0 aliphatic rings. The van der Waals surface area contributed by atoms with Gasteiger partial charge >= 0.3 is 0 Å². The average Bonchev–Trinajstić information content (AvgIpc) is 2.88. The Balaban J connectivity index is 1.90. The van der Waals surface area contributed by atoms with E-state index in [2.05, 4.69) is 10.3 Å². The highest BCUT2D eigenvalue weighted by atomic mass is 16.5. The Labute approximate surface area is 118 Å². The zero-order chi connectivity index (χ0) is 14.4. The van der Waals surface area contributed by atoms with Crippen LogP contribution in [0.4, 0.5) is 0 Å². The first kappa shape index (κ1) is 14.6. The largest absolute Gasteiger partial charge is 0.475 e. The zero-order valence-electron chi connectivity index (χ0n) is 11.8. The first-order valence-electron chi connectivity index (χ1n) is 6.68. The normalized spacial score (nSPS) is 11.0. The summed E-state index contributed by atoms with van der Waals surface area (Å²) in [4.78, 5) is 4.24. The molecule has 0 aromatic carbocycles. The molecule has 5 heteroatoms. The van der Waals surface area contributed by atoms with Gasteiger partial charge in [-0.1, -0.05) is 6.07 Å². The molecule has 0 amide bonds. The Morgan fingerprint density at radius 3 is 2.75 bits per heavy atom. The van der Waals surface area contributed by atoms with Crippen LogP contribution in [-0.2, 0) is 19.7 Å². The SMILES string of the molecule is CC(C)Oc1ncccc1CNCc1ccc(CO)o1. The molecular weight excluding hydrogens is 256 g/mol. The maximum atomic E-state index is 8.94. The van der Waals surface area contributed by atoms with Crippen molar-refractivity contribution in [3.05, 3.63) is 47.5 Å². The monoisotopic (exact) mass is 276 g/mol. The van der Waals surface area contributed by atoms with E-state index >= 15 is 0 Å². The van der Waals surface area contributed by atoms with Crippen LogP contribution < -0.4 is 10.1 Å². The minimum atomic E-state index is -0.0744. The molecule has 0 spiro atoms. The highest BCUT2D eigenvalue weighted by Crippen LogP contribution is 2.16. The van der Waals surface area contributed by atoms with E-state index in [1.807, 2.05) is 32.0 Å². The van der Waals surface area contributed by atoms with Gasteiger partial charge in [-0.2, -0.15) is 0 Å². The van der Waals surface area contributed by atoms with Crippen LogP contribution in [0.5, 0.6) is 5.88 Å². The molecule has 2 aromatic heterocycles. The second-order valence-corrected chi connectivity index (χ2v) is 4.76. The van der Waals surface area contributed by atoms with Crippen molar-refractivity contribution in [2.75, 3.05) is 0 Å². The second kappa shape index (κ2) is 7.07. The third kappa shape index (κ3) is 4.08. The van der Waals surface area contributed by atoms with Crippen molar-refractivity contribution in [2.45, 2.75) is 39.6 Å². The Morgan fingerprint density at radius 1 is 1.25 bits per heavy atom. The van der Waals surface area contributed by atoms with E-state index < -0.39 is 0 Å². The van der Waals surface area contributed by atoms with Gasteiger partial charge in [0.25, 0.3) is 0 Å². The number of furan rings is 1. The van der Waals surface area contributed by atoms with Crippen molar-refractivity contribution in [3.63, 3.8) is 0 Å². The molecule has 0 aliphatic heterocycles. The van der Waals surface area contributed by atoms with E-state index in [4.69, 9.17) is 14.3 Å². The molecule has 5 nitrogen and oxygen atoms in total. The molecule has 2 heterocycles. The number of nitrogens with one attached hydrogen (secondary N) is 1. The van der Waals surface area contributed by atoms with Gasteiger partial charge in [0.2, 0.25) is 5.88 Å². The van der Waals surface area contributed by atoms with Gasteiger partial charge in [0.1, 0.15) is 18.1 Å². The topological polar surface area (TPSA) is 67.5 Å². The summed E-state index contributed by atoms with van der Waals surface area (Å²) in [6, 6.07) is 7.50. The number of hydrogen-bond donors (Lipinski definition) is 2. The number of ether oxygens (including phenoxy) is 1. The van der Waals surface area contributed by atoms with E-state index in [0.717, 1.165) is 11.3 Å². The highest BCUT2D eigenvalue weighted by molar-refractivity contribution is 5.25. The van der Waals surface area contributed by atoms with Crippen LogP contribution >= 0.6 is 0 Å². The van der Waals surface area contributed by atoms with Crippen LogP contribution in [0.2, 0.25) is 0 Å². The minimum absolute atomic E-state index is 0.0744. The van der Waals surface area contributed by atoms with Crippen LogP contribution in [0.25, 0.3) is 0 Å². The first-order valence-corrected chi connectivity index (χ1v) is 6.68. The van der Waals surface area contributed by atoms with E-state index in [1.54, 1.807) is 12.3 Å². The molecule has 2 N–H and O–H groups in total. The van der Waals surface area contributed by atoms with Gasteiger partial charge < -0.3 is 19.6 Å². The van der Waals surface area contributed by atoms with Crippen LogP contribution in [0.1, 0.15) is 30.9 Å². The van der Waals surface area contributed by atoms with Crippen LogP contribution in [-0.4, -0.2) is 16.2 Å². The lowest BCUT2D eigenvalue weighted by Crippen LogP contribution is -2.15. The lowest BCUT2D eigenvalue weighted by atomic mass is 10.2. The molecule has 0 bridgehead atoms. The van der Waals surface area contributed by atoms with Crippen molar-refractivity contribution >= 4 is 0 Å². The Hall–Kier alpha value is -1.85. The van der Waals surface area contributed by atoms with Gasteiger partial charge in [-0.05, 0) is 32.0 Å². The molecule has 0 atom stereocenters. The zero-order valence-corrected chi connectivity index (χ0v) is 11.8. The quantitative estimate of drug-likeness (QED) is 0.812. The summed E-state index contributed by atoms with van der Waals surface area (Å²) in [5.41, 5.74) is 1.01. The third-order valence-corrected chi connectivity index (χ3v) is 2.69. The summed E-state index contributed by atoms with van der Waals surface area (Å²) in [7, 11) is 0. The summed E-state index contributed by atoms with van der Waals surface area (Å²) < 4.78 is 11.1. The molecule has 108 valence electrons. The third-order valence-electron chi connectivity index (χ3n) is 2.69. The lowest BCUT2D eigenvalue weighted by Gasteiger charge is -2.12. The van der Waals surface area contributed by atoms with Crippen molar-refractivity contribution < 1.29 is 14.3 Å². The molecule has 2 rings (SSSR count). The van der Waals surface area contributed by atoms with Crippen molar-refractivity contribution in [3.8, 4) is 5.88 Å². The fourth-order valence-corrected chi connectivity index (χ4v) is 1.81. The molecule has 0 saturated carbocycles. The Morgan fingerprint density at radius 2 is 2.05 bits per heavy atom. The molecule has 0 radical (unpaired) electrons. The second-order valence-electron chi connectivity index (χ2n) is 4.76. The predicted octanol–water partition coefficient (Wildman–Crippen LogP) is 2.24. The van der Waals surface area contributed by atoms with Gasteiger partial charge in [0.05, 0.1) is 12.6 Å². The minimum Gasteiger partial charge on any atom is -0.475 e. The van der Waals surface area contributed by atoms with E-state index in [0.29, 0.717) is 24.7 Å². The fraction of sp³-hybridized carbons (Fsp3) is 0.400. The van der Waals surface area contributed by atoms with Crippen LogP contribution in [0.3, 0.4) is 0 Å². The number of nitrogens with zero attached hydrogens (tertiary/aromatic N) is 1. The van der Waals surface area contributed by atoms with Crippen LogP contribution in [0, 0.1) is 0 Å². The van der Waals surface area contributed by atoms with Gasteiger partial charge in [0, 0.05) is 18.3 Å². The summed E-state index contributed by atoms with van der Waals surface area (Å²) in [6.07, 6.45) is 1.82. The molecule has 0 fully saturated rings. The van der Waals surface area contributed by atoms with E-state index in [9.17, 15) is 0 Å². The molecule has 0 aliphatic carbocycles.